The van der Waals surface area contributed by atoms with Gasteiger partial charge in [-0.2, -0.15) is 0 Å². The Morgan fingerprint density at radius 2 is 2.19 bits per heavy atom. The summed E-state index contributed by atoms with van der Waals surface area (Å²) in [5.74, 6) is -1.65. The Morgan fingerprint density at radius 1 is 1.43 bits per heavy atom. The maximum Gasteiger partial charge on any atom is 0.310 e. The zero-order valence-corrected chi connectivity index (χ0v) is 12.9. The number of nitrogens with zero attached hydrogens (tertiary/aromatic N) is 1. The Balaban J connectivity index is 1.79. The van der Waals surface area contributed by atoms with E-state index in [2.05, 4.69) is 4.90 Å². The van der Waals surface area contributed by atoms with Crippen molar-refractivity contribution in [3.05, 3.63) is 34.2 Å². The number of thiophene rings is 1. The van der Waals surface area contributed by atoms with Gasteiger partial charge in [0.1, 0.15) is 0 Å². The summed E-state index contributed by atoms with van der Waals surface area (Å²) in [5.41, 5.74) is 0. The van der Waals surface area contributed by atoms with E-state index in [0.29, 0.717) is 26.1 Å². The monoisotopic (exact) mass is 325 g/mol. The fourth-order valence-electron chi connectivity index (χ4n) is 2.76. The van der Waals surface area contributed by atoms with Crippen molar-refractivity contribution < 1.29 is 15.0 Å². The van der Waals surface area contributed by atoms with Gasteiger partial charge >= 0.3 is 5.97 Å². The van der Waals surface area contributed by atoms with E-state index in [9.17, 15) is 9.90 Å². The molecule has 1 aromatic heterocycles. The molecule has 1 aliphatic heterocycles. The molecule has 112 valence electrons. The number of aliphatic hydroxyl groups is 1. The third-order valence-electron chi connectivity index (χ3n) is 3.95. The first-order valence-electron chi connectivity index (χ1n) is 6.85. The van der Waals surface area contributed by atoms with E-state index < -0.39 is 18.0 Å². The van der Waals surface area contributed by atoms with Crippen molar-refractivity contribution in [2.75, 3.05) is 13.1 Å². The van der Waals surface area contributed by atoms with Crippen LogP contribution in [0.3, 0.4) is 0 Å². The van der Waals surface area contributed by atoms with Crippen molar-refractivity contribution in [2.24, 2.45) is 5.92 Å². The molecular weight excluding hydrogens is 310 g/mol. The second-order valence-corrected chi connectivity index (χ2v) is 6.89. The van der Waals surface area contributed by atoms with E-state index in [1.807, 2.05) is 24.3 Å². The molecule has 0 spiro atoms. The van der Waals surface area contributed by atoms with Gasteiger partial charge in [0.15, 0.2) is 0 Å². The lowest BCUT2D eigenvalue weighted by atomic mass is 9.95. The number of carboxylic acids is 1. The lowest BCUT2D eigenvalue weighted by molar-refractivity contribution is -0.149. The average Bonchev–Trinajstić information content (AvgIpc) is 2.78. The van der Waals surface area contributed by atoms with Crippen molar-refractivity contribution >= 4 is 39.0 Å². The maximum atomic E-state index is 11.2. The average molecular weight is 326 g/mol. The van der Waals surface area contributed by atoms with Crippen molar-refractivity contribution in [1.82, 2.24) is 4.90 Å². The number of benzene rings is 1. The number of carboxylic acid groups (broad SMARTS) is 1. The summed E-state index contributed by atoms with van der Waals surface area (Å²) >= 11 is 8.07. The highest BCUT2D eigenvalue weighted by Gasteiger charge is 2.33. The normalized spacial score (nSPS) is 23.5. The number of aliphatic hydroxyl groups excluding tert-OH is 1. The van der Waals surface area contributed by atoms with Gasteiger partial charge < -0.3 is 10.2 Å². The third-order valence-corrected chi connectivity index (χ3v) is 5.65. The van der Waals surface area contributed by atoms with Crippen LogP contribution in [0.5, 0.6) is 0 Å². The van der Waals surface area contributed by atoms with Crippen molar-refractivity contribution in [2.45, 2.75) is 19.1 Å². The van der Waals surface area contributed by atoms with Crippen LogP contribution >= 0.6 is 22.9 Å². The van der Waals surface area contributed by atoms with Crippen LogP contribution in [0.15, 0.2) is 24.3 Å². The molecule has 0 amide bonds. The first kappa shape index (κ1) is 14.8. The molecule has 0 bridgehead atoms. The zero-order chi connectivity index (χ0) is 15.0. The van der Waals surface area contributed by atoms with Crippen LogP contribution in [-0.4, -0.2) is 40.3 Å². The largest absolute Gasteiger partial charge is 0.481 e. The molecule has 1 aliphatic rings. The highest BCUT2D eigenvalue weighted by molar-refractivity contribution is 7.19. The van der Waals surface area contributed by atoms with Crippen LogP contribution in [0.2, 0.25) is 5.02 Å². The third kappa shape index (κ3) is 2.92. The second kappa shape index (κ2) is 5.93. The minimum atomic E-state index is -0.936. The SMILES string of the molecule is O=C(O)[C@H]1CN(Cc2sc3ccccc3c2Cl)CC[C@H]1O. The topological polar surface area (TPSA) is 60.8 Å². The zero-order valence-electron chi connectivity index (χ0n) is 11.3. The Bertz CT molecular complexity index is 672. The molecule has 3 rings (SSSR count). The van der Waals surface area contributed by atoms with Gasteiger partial charge in [0.2, 0.25) is 0 Å². The second-order valence-electron chi connectivity index (χ2n) is 5.37. The molecule has 1 fully saturated rings. The van der Waals surface area contributed by atoms with E-state index in [1.165, 1.54) is 0 Å². The molecule has 2 atom stereocenters. The van der Waals surface area contributed by atoms with Crippen LogP contribution in [0.1, 0.15) is 11.3 Å². The number of carbonyl (C=O) groups is 1. The first-order chi connectivity index (χ1) is 10.1. The summed E-state index contributed by atoms with van der Waals surface area (Å²) in [6.45, 7) is 1.69. The Kier molecular flexibility index (Phi) is 4.17. The number of fused-ring (bicyclic) bond motifs is 1. The standard InChI is InChI=1S/C15H16ClNO3S/c16-14-9-3-1-2-4-12(9)21-13(14)8-17-6-5-11(18)10(7-17)15(19)20/h1-4,10-11,18H,5-8H2,(H,19,20)/t10-,11+/m0/s1. The molecule has 0 aliphatic carbocycles. The van der Waals surface area contributed by atoms with Crippen molar-refractivity contribution in [3.63, 3.8) is 0 Å². The number of hydrogen-bond acceptors (Lipinski definition) is 4. The number of likely N-dealkylation sites (tertiary alicyclic amines) is 1. The summed E-state index contributed by atoms with van der Waals surface area (Å²) in [5, 5.41) is 20.7. The number of halogens is 1. The molecule has 6 heteroatoms. The summed E-state index contributed by atoms with van der Waals surface area (Å²) < 4.78 is 1.14. The molecule has 2 N–H and O–H groups in total. The predicted octanol–water partition coefficient (Wildman–Crippen LogP) is 2.82. The molecule has 2 heterocycles. The van der Waals surface area contributed by atoms with Crippen LogP contribution in [-0.2, 0) is 11.3 Å². The fraction of sp³-hybridized carbons (Fsp3) is 0.400. The highest BCUT2D eigenvalue weighted by Crippen LogP contribution is 2.36. The molecule has 0 saturated carbocycles. The molecule has 21 heavy (non-hydrogen) atoms. The summed E-state index contributed by atoms with van der Waals surface area (Å²) in [7, 11) is 0. The molecule has 1 aromatic carbocycles. The van der Waals surface area contributed by atoms with Gasteiger partial charge in [-0.25, -0.2) is 0 Å². The van der Waals surface area contributed by atoms with Crippen LogP contribution < -0.4 is 0 Å². The van der Waals surface area contributed by atoms with Gasteiger partial charge in [0, 0.05) is 34.6 Å². The quantitative estimate of drug-likeness (QED) is 0.911. The van der Waals surface area contributed by atoms with Gasteiger partial charge in [-0.05, 0) is 12.5 Å². The molecule has 4 nitrogen and oxygen atoms in total. The molecule has 0 unspecified atom stereocenters. The molecule has 0 radical (unpaired) electrons. The van der Waals surface area contributed by atoms with Gasteiger partial charge in [0.05, 0.1) is 17.0 Å². The number of piperidine rings is 1. The minimum Gasteiger partial charge on any atom is -0.481 e. The minimum absolute atomic E-state index is 0.362. The number of hydrogen-bond donors (Lipinski definition) is 2. The lowest BCUT2D eigenvalue weighted by Crippen LogP contribution is -2.46. The van der Waals surface area contributed by atoms with E-state index >= 15 is 0 Å². The number of rotatable bonds is 3. The molecular formula is C15H16ClNO3S. The van der Waals surface area contributed by atoms with Crippen LogP contribution in [0, 0.1) is 5.92 Å². The lowest BCUT2D eigenvalue weighted by Gasteiger charge is -2.33. The van der Waals surface area contributed by atoms with E-state index in [-0.39, 0.29) is 0 Å². The van der Waals surface area contributed by atoms with E-state index in [0.717, 1.165) is 20.0 Å². The van der Waals surface area contributed by atoms with Crippen LogP contribution in [0.25, 0.3) is 10.1 Å². The smallest absolute Gasteiger partial charge is 0.310 e. The molecule has 2 aromatic rings. The Morgan fingerprint density at radius 3 is 2.90 bits per heavy atom. The van der Waals surface area contributed by atoms with Gasteiger partial charge in [-0.3, -0.25) is 9.69 Å². The maximum absolute atomic E-state index is 11.2. The van der Waals surface area contributed by atoms with Crippen LogP contribution in [0.4, 0.5) is 0 Å². The van der Waals surface area contributed by atoms with E-state index in [1.54, 1.807) is 11.3 Å². The Labute approximate surface area is 131 Å². The van der Waals surface area contributed by atoms with Gasteiger partial charge in [-0.15, -0.1) is 11.3 Å². The van der Waals surface area contributed by atoms with E-state index in [4.69, 9.17) is 16.7 Å². The van der Waals surface area contributed by atoms with Crippen molar-refractivity contribution in [1.29, 1.82) is 0 Å². The highest BCUT2D eigenvalue weighted by atomic mass is 35.5. The molecule has 1 saturated heterocycles. The summed E-state index contributed by atoms with van der Waals surface area (Å²) in [6, 6.07) is 7.98. The predicted molar refractivity (Wildman–Crippen MR) is 83.9 cm³/mol. The Hall–Kier alpha value is -1.14. The summed E-state index contributed by atoms with van der Waals surface area (Å²) in [6.07, 6.45) is -0.268. The van der Waals surface area contributed by atoms with Crippen molar-refractivity contribution in [3.8, 4) is 0 Å². The summed E-state index contributed by atoms with van der Waals surface area (Å²) in [4.78, 5) is 14.3. The number of aliphatic carboxylic acids is 1. The fourth-order valence-corrected chi connectivity index (χ4v) is 4.30. The first-order valence-corrected chi connectivity index (χ1v) is 8.05. The van der Waals surface area contributed by atoms with Gasteiger partial charge in [-0.1, -0.05) is 29.8 Å². The van der Waals surface area contributed by atoms with Gasteiger partial charge in [0.25, 0.3) is 0 Å².